The molecule has 3 heterocycles. The maximum absolute atomic E-state index is 12.8. The van der Waals surface area contributed by atoms with Gasteiger partial charge in [0.15, 0.2) is 0 Å². The van der Waals surface area contributed by atoms with Crippen molar-refractivity contribution in [3.63, 3.8) is 0 Å². The number of nitrogens with one attached hydrogen (secondary N) is 1. The fourth-order valence-electron chi connectivity index (χ4n) is 6.02. The van der Waals surface area contributed by atoms with Crippen LogP contribution in [0.1, 0.15) is 24.8 Å². The summed E-state index contributed by atoms with van der Waals surface area (Å²) in [7, 11) is 0. The molecule has 5 nitrogen and oxygen atoms in total. The van der Waals surface area contributed by atoms with E-state index in [1.807, 2.05) is 4.90 Å². The summed E-state index contributed by atoms with van der Waals surface area (Å²) >= 11 is -0.131. The van der Waals surface area contributed by atoms with E-state index in [1.54, 1.807) is 24.3 Å². The van der Waals surface area contributed by atoms with Gasteiger partial charge in [0, 0.05) is 74.5 Å². The second-order valence-corrected chi connectivity index (χ2v) is 12.0. The minimum absolute atomic E-state index is 0.131. The van der Waals surface area contributed by atoms with Crippen LogP contribution in [0.5, 0.6) is 0 Å². The molecule has 0 bridgehead atoms. The van der Waals surface area contributed by atoms with E-state index in [-0.39, 0.29) is 28.6 Å². The average Bonchev–Trinajstić information content (AvgIpc) is 3.47. The maximum atomic E-state index is 12.8. The molecule has 0 saturated carbocycles. The topological polar surface area (TPSA) is 38.8 Å². The van der Waals surface area contributed by atoms with Crippen LogP contribution in [0, 0.1) is 11.8 Å². The molecule has 1 amide bonds. The number of alkyl halides is 6. The second kappa shape index (κ2) is 11.7. The van der Waals surface area contributed by atoms with Crippen molar-refractivity contribution >= 4 is 29.0 Å². The van der Waals surface area contributed by atoms with Crippen molar-refractivity contribution in [2.24, 2.45) is 11.8 Å². The minimum atomic E-state index is -4.33. The van der Waals surface area contributed by atoms with E-state index in [0.717, 1.165) is 62.5 Å². The number of likely N-dealkylation sites (tertiary alicyclic amines) is 2. The van der Waals surface area contributed by atoms with Crippen LogP contribution in [0.15, 0.2) is 53.4 Å². The second-order valence-electron chi connectivity index (χ2n) is 10.9. The van der Waals surface area contributed by atoms with Gasteiger partial charge >= 0.3 is 11.7 Å². The Bertz CT molecular complexity index is 1140. The molecule has 0 aliphatic carbocycles. The number of fused-ring (bicyclic) bond motifs is 1. The number of thioether (sulfide) groups is 1. The van der Waals surface area contributed by atoms with Crippen molar-refractivity contribution in [3.05, 3.63) is 54.1 Å². The normalized spacial score (nSPS) is 22.6. The molecule has 12 heteroatoms. The molecule has 40 heavy (non-hydrogen) atoms. The molecule has 3 fully saturated rings. The fourth-order valence-corrected chi connectivity index (χ4v) is 6.56. The number of amides is 1. The first-order chi connectivity index (χ1) is 18.9. The molecule has 2 atom stereocenters. The summed E-state index contributed by atoms with van der Waals surface area (Å²) in [4.78, 5) is 19.4. The molecule has 2 aromatic carbocycles. The standard InChI is InChI=1S/C28H32F6N4OS/c29-27(30,31)21-1-5-24(6-2-21)38-17-19-15-36(16-20(19)18-38)12-11-26(39)37-13-9-23(10-14-37)35-22-3-7-25(8-4-22)40-28(32,33)34/h1-8,19-20,23,35H,9-18H2. The minimum Gasteiger partial charge on any atom is -0.382 e. The summed E-state index contributed by atoms with van der Waals surface area (Å²) in [6.07, 6.45) is -2.32. The first-order valence-electron chi connectivity index (χ1n) is 13.5. The van der Waals surface area contributed by atoms with E-state index < -0.39 is 17.2 Å². The predicted molar refractivity (Wildman–Crippen MR) is 143 cm³/mol. The lowest BCUT2D eigenvalue weighted by molar-refractivity contribution is -0.137. The van der Waals surface area contributed by atoms with Crippen LogP contribution in [0.2, 0.25) is 0 Å². The molecule has 2 aromatic rings. The molecule has 5 rings (SSSR count). The fraction of sp³-hybridized carbons (Fsp3) is 0.536. The van der Waals surface area contributed by atoms with Crippen LogP contribution in [-0.2, 0) is 11.0 Å². The van der Waals surface area contributed by atoms with E-state index in [1.165, 1.54) is 12.1 Å². The van der Waals surface area contributed by atoms with Gasteiger partial charge in [0.05, 0.1) is 5.56 Å². The Morgan fingerprint density at radius 1 is 0.850 bits per heavy atom. The smallest absolute Gasteiger partial charge is 0.382 e. The number of carbonyl (C=O) groups is 1. The van der Waals surface area contributed by atoms with Gasteiger partial charge in [-0.05, 0) is 85.0 Å². The molecule has 2 unspecified atom stereocenters. The lowest BCUT2D eigenvalue weighted by Crippen LogP contribution is -2.43. The Morgan fingerprint density at radius 3 is 2.00 bits per heavy atom. The van der Waals surface area contributed by atoms with Crippen LogP contribution in [0.3, 0.4) is 0 Å². The third-order valence-electron chi connectivity index (χ3n) is 8.07. The number of carbonyl (C=O) groups excluding carboxylic acids is 1. The van der Waals surface area contributed by atoms with Crippen molar-refractivity contribution in [2.75, 3.05) is 56.0 Å². The van der Waals surface area contributed by atoms with Crippen molar-refractivity contribution in [3.8, 4) is 0 Å². The van der Waals surface area contributed by atoms with Crippen LogP contribution in [-0.4, -0.2) is 73.1 Å². The summed E-state index contributed by atoms with van der Waals surface area (Å²) in [6, 6.07) is 11.8. The van der Waals surface area contributed by atoms with Gasteiger partial charge in [-0.1, -0.05) is 0 Å². The van der Waals surface area contributed by atoms with Gasteiger partial charge in [0.25, 0.3) is 0 Å². The van der Waals surface area contributed by atoms with Crippen molar-refractivity contribution < 1.29 is 31.1 Å². The quantitative estimate of drug-likeness (QED) is 0.310. The lowest BCUT2D eigenvalue weighted by Gasteiger charge is -2.33. The summed E-state index contributed by atoms with van der Waals surface area (Å²) in [5.41, 5.74) is -3.35. The summed E-state index contributed by atoms with van der Waals surface area (Å²) < 4.78 is 76.1. The van der Waals surface area contributed by atoms with Gasteiger partial charge in [-0.15, -0.1) is 0 Å². The summed E-state index contributed by atoms with van der Waals surface area (Å²) in [5.74, 6) is 1.02. The SMILES string of the molecule is O=C(CCN1CC2CN(c3ccc(C(F)(F)F)cc3)CC2C1)N1CCC(Nc2ccc(SC(F)(F)F)cc2)CC1. The molecular formula is C28H32F6N4OS. The Morgan fingerprint density at radius 2 is 1.45 bits per heavy atom. The van der Waals surface area contributed by atoms with E-state index >= 15 is 0 Å². The van der Waals surface area contributed by atoms with Crippen LogP contribution >= 0.6 is 11.8 Å². The van der Waals surface area contributed by atoms with Crippen LogP contribution in [0.25, 0.3) is 0 Å². The monoisotopic (exact) mass is 586 g/mol. The van der Waals surface area contributed by atoms with Gasteiger partial charge in [-0.2, -0.15) is 26.3 Å². The molecule has 0 radical (unpaired) electrons. The molecule has 1 N–H and O–H groups in total. The Hall–Kier alpha value is -2.60. The van der Waals surface area contributed by atoms with E-state index in [0.29, 0.717) is 37.9 Å². The molecule has 3 aliphatic heterocycles. The highest BCUT2D eigenvalue weighted by Crippen LogP contribution is 2.38. The van der Waals surface area contributed by atoms with Gasteiger partial charge in [0.2, 0.25) is 5.91 Å². The number of piperidine rings is 1. The van der Waals surface area contributed by atoms with E-state index in [4.69, 9.17) is 0 Å². The lowest BCUT2D eigenvalue weighted by atomic mass is 10.0. The van der Waals surface area contributed by atoms with Gasteiger partial charge in [-0.3, -0.25) is 4.79 Å². The average molecular weight is 587 g/mol. The third-order valence-corrected chi connectivity index (χ3v) is 8.81. The van der Waals surface area contributed by atoms with E-state index in [9.17, 15) is 31.1 Å². The predicted octanol–water partition coefficient (Wildman–Crippen LogP) is 6.18. The number of anilines is 2. The number of hydrogen-bond donors (Lipinski definition) is 1. The first-order valence-corrected chi connectivity index (χ1v) is 14.3. The van der Waals surface area contributed by atoms with Crippen LogP contribution < -0.4 is 10.2 Å². The Balaban J connectivity index is 1.00. The number of hydrogen-bond acceptors (Lipinski definition) is 5. The highest BCUT2D eigenvalue weighted by molar-refractivity contribution is 8.00. The molecule has 3 aliphatic rings. The molecule has 0 spiro atoms. The molecular weight excluding hydrogens is 554 g/mol. The Labute approximate surface area is 233 Å². The van der Waals surface area contributed by atoms with Gasteiger partial charge in [-0.25, -0.2) is 0 Å². The first kappa shape index (κ1) is 28.9. The Kier molecular flexibility index (Phi) is 8.47. The number of halogens is 6. The third kappa shape index (κ3) is 7.37. The van der Waals surface area contributed by atoms with Gasteiger partial charge in [0.1, 0.15) is 0 Å². The van der Waals surface area contributed by atoms with Crippen molar-refractivity contribution in [1.29, 1.82) is 0 Å². The summed E-state index contributed by atoms with van der Waals surface area (Å²) in [5, 5.41) is 3.36. The van der Waals surface area contributed by atoms with Crippen LogP contribution in [0.4, 0.5) is 37.7 Å². The maximum Gasteiger partial charge on any atom is 0.446 e. The molecule has 3 saturated heterocycles. The molecule has 0 aromatic heterocycles. The largest absolute Gasteiger partial charge is 0.446 e. The zero-order chi connectivity index (χ0) is 28.5. The van der Waals surface area contributed by atoms with E-state index in [2.05, 4.69) is 15.1 Å². The zero-order valence-corrected chi connectivity index (χ0v) is 22.7. The summed E-state index contributed by atoms with van der Waals surface area (Å²) in [6.45, 7) is 5.39. The highest BCUT2D eigenvalue weighted by atomic mass is 32.2. The van der Waals surface area contributed by atoms with Gasteiger partial charge < -0.3 is 20.0 Å². The highest BCUT2D eigenvalue weighted by Gasteiger charge is 2.40. The number of nitrogens with zero attached hydrogens (tertiary/aromatic N) is 3. The number of rotatable bonds is 7. The zero-order valence-electron chi connectivity index (χ0n) is 21.8. The molecule has 218 valence electrons. The van der Waals surface area contributed by atoms with Crippen molar-refractivity contribution in [1.82, 2.24) is 9.80 Å². The number of benzene rings is 2. The van der Waals surface area contributed by atoms with Crippen molar-refractivity contribution in [2.45, 2.75) is 41.9 Å².